The second-order valence-corrected chi connectivity index (χ2v) is 11.3. The van der Waals surface area contributed by atoms with Crippen molar-refractivity contribution >= 4 is 32.3 Å². The highest BCUT2D eigenvalue weighted by atomic mass is 14.4. The highest BCUT2D eigenvalue weighted by Gasteiger charge is 2.38. The Bertz CT molecular complexity index is 2060. The molecular formula is C39H28. The van der Waals surface area contributed by atoms with E-state index in [1.54, 1.807) is 0 Å². The van der Waals surface area contributed by atoms with Crippen molar-refractivity contribution < 1.29 is 0 Å². The van der Waals surface area contributed by atoms with Gasteiger partial charge in [0.2, 0.25) is 0 Å². The zero-order chi connectivity index (χ0) is 26.1. The molecule has 0 unspecified atom stereocenters. The van der Waals surface area contributed by atoms with Gasteiger partial charge >= 0.3 is 0 Å². The smallest absolute Gasteiger partial charge is 0.0165 e. The molecule has 8 rings (SSSR count). The molecule has 0 aromatic heterocycles. The van der Waals surface area contributed by atoms with Gasteiger partial charge in [-0.1, -0.05) is 135 Å². The fourth-order valence-corrected chi connectivity index (χ4v) is 7.08. The van der Waals surface area contributed by atoms with Crippen molar-refractivity contribution in [2.24, 2.45) is 0 Å². The van der Waals surface area contributed by atoms with E-state index in [0.717, 1.165) is 0 Å². The van der Waals surface area contributed by atoms with E-state index in [2.05, 4.69) is 147 Å². The summed E-state index contributed by atoms with van der Waals surface area (Å²) in [5, 5.41) is 7.91. The number of rotatable bonds is 2. The van der Waals surface area contributed by atoms with Crippen molar-refractivity contribution in [3.8, 4) is 33.4 Å². The lowest BCUT2D eigenvalue weighted by Crippen LogP contribution is -2.16. The van der Waals surface area contributed by atoms with E-state index in [-0.39, 0.29) is 5.41 Å². The van der Waals surface area contributed by atoms with E-state index in [9.17, 15) is 0 Å². The quantitative estimate of drug-likeness (QED) is 0.209. The van der Waals surface area contributed by atoms with Gasteiger partial charge in [0.25, 0.3) is 0 Å². The third-order valence-electron chi connectivity index (χ3n) is 8.79. The predicted octanol–water partition coefficient (Wildman–Crippen LogP) is 10.8. The maximum absolute atomic E-state index is 2.43. The van der Waals surface area contributed by atoms with Gasteiger partial charge in [0, 0.05) is 5.41 Å². The van der Waals surface area contributed by atoms with Crippen LogP contribution in [-0.2, 0) is 5.41 Å². The average Bonchev–Trinajstić information content (AvgIpc) is 3.21. The molecule has 7 aromatic rings. The van der Waals surface area contributed by atoms with E-state index in [1.807, 2.05) is 0 Å². The molecule has 0 radical (unpaired) electrons. The van der Waals surface area contributed by atoms with Gasteiger partial charge in [0.05, 0.1) is 0 Å². The van der Waals surface area contributed by atoms with E-state index in [1.165, 1.54) is 76.8 Å². The van der Waals surface area contributed by atoms with Gasteiger partial charge in [0.1, 0.15) is 0 Å². The lowest BCUT2D eigenvalue weighted by molar-refractivity contribution is 0.667. The van der Waals surface area contributed by atoms with E-state index >= 15 is 0 Å². The Labute approximate surface area is 229 Å². The van der Waals surface area contributed by atoms with Gasteiger partial charge in [-0.25, -0.2) is 0 Å². The van der Waals surface area contributed by atoms with E-state index in [0.29, 0.717) is 0 Å². The van der Waals surface area contributed by atoms with Crippen LogP contribution < -0.4 is 0 Å². The molecule has 0 bridgehead atoms. The predicted molar refractivity (Wildman–Crippen MR) is 167 cm³/mol. The van der Waals surface area contributed by atoms with Gasteiger partial charge in [-0.3, -0.25) is 0 Å². The van der Waals surface area contributed by atoms with Crippen LogP contribution >= 0.6 is 0 Å². The fraction of sp³-hybridized carbons (Fsp3) is 0.0769. The van der Waals surface area contributed by atoms with Crippen molar-refractivity contribution in [3.63, 3.8) is 0 Å². The van der Waals surface area contributed by atoms with Crippen LogP contribution in [0.4, 0.5) is 0 Å². The lowest BCUT2D eigenvalue weighted by atomic mass is 9.76. The SMILES string of the molecule is CC1(C)c2cc3ccccc3cc2-c2ccc3c(-c4ccccc4)c4ccccc4c(-c4ccccc4)c3c21. The average molecular weight is 497 g/mol. The molecule has 0 heterocycles. The zero-order valence-electron chi connectivity index (χ0n) is 22.2. The number of hydrogen-bond donors (Lipinski definition) is 0. The largest absolute Gasteiger partial charge is 0.0622 e. The summed E-state index contributed by atoms with van der Waals surface area (Å²) in [5.74, 6) is 0. The maximum Gasteiger partial charge on any atom is 0.0165 e. The first-order valence-corrected chi connectivity index (χ1v) is 13.8. The van der Waals surface area contributed by atoms with Crippen molar-refractivity contribution in [1.82, 2.24) is 0 Å². The summed E-state index contributed by atoms with van der Waals surface area (Å²) in [6.07, 6.45) is 0. The Balaban J connectivity index is 1.61. The molecule has 1 aliphatic rings. The summed E-state index contributed by atoms with van der Waals surface area (Å²) in [6, 6.07) is 49.2. The molecule has 0 aliphatic heterocycles. The third kappa shape index (κ3) is 3.12. The molecule has 1 aliphatic carbocycles. The molecule has 0 nitrogen and oxygen atoms in total. The molecule has 0 spiro atoms. The van der Waals surface area contributed by atoms with Crippen LogP contribution in [0.2, 0.25) is 0 Å². The monoisotopic (exact) mass is 496 g/mol. The summed E-state index contributed by atoms with van der Waals surface area (Å²) >= 11 is 0. The Hall–Kier alpha value is -4.68. The molecule has 0 atom stereocenters. The summed E-state index contributed by atoms with van der Waals surface area (Å²) < 4.78 is 0. The summed E-state index contributed by atoms with van der Waals surface area (Å²) in [6.45, 7) is 4.83. The summed E-state index contributed by atoms with van der Waals surface area (Å²) in [5.41, 5.74) is 10.6. The van der Waals surface area contributed by atoms with Crippen LogP contribution in [0.25, 0.3) is 65.7 Å². The van der Waals surface area contributed by atoms with Gasteiger partial charge in [-0.05, 0) is 89.0 Å². The van der Waals surface area contributed by atoms with Crippen molar-refractivity contribution in [3.05, 3.63) is 145 Å². The topological polar surface area (TPSA) is 0 Å². The van der Waals surface area contributed by atoms with Crippen LogP contribution in [0.5, 0.6) is 0 Å². The van der Waals surface area contributed by atoms with Crippen molar-refractivity contribution in [2.45, 2.75) is 19.3 Å². The minimum atomic E-state index is -0.145. The van der Waals surface area contributed by atoms with Crippen molar-refractivity contribution in [1.29, 1.82) is 0 Å². The van der Waals surface area contributed by atoms with Gasteiger partial charge in [0.15, 0.2) is 0 Å². The van der Waals surface area contributed by atoms with Crippen LogP contribution in [-0.4, -0.2) is 0 Å². The number of fused-ring (bicyclic) bond motifs is 7. The highest BCUT2D eigenvalue weighted by molar-refractivity contribution is 6.24. The number of hydrogen-bond acceptors (Lipinski definition) is 0. The Morgan fingerprint density at radius 1 is 0.436 bits per heavy atom. The molecule has 184 valence electrons. The molecule has 0 saturated heterocycles. The van der Waals surface area contributed by atoms with Crippen LogP contribution in [0, 0.1) is 0 Å². The zero-order valence-corrected chi connectivity index (χ0v) is 22.2. The highest BCUT2D eigenvalue weighted by Crippen LogP contribution is 2.56. The molecule has 0 N–H and O–H groups in total. The lowest BCUT2D eigenvalue weighted by Gasteiger charge is -2.27. The Kier molecular flexibility index (Phi) is 4.67. The molecule has 7 aromatic carbocycles. The maximum atomic E-state index is 2.43. The summed E-state index contributed by atoms with van der Waals surface area (Å²) in [4.78, 5) is 0. The molecule has 0 saturated carbocycles. The van der Waals surface area contributed by atoms with Gasteiger partial charge in [-0.15, -0.1) is 0 Å². The van der Waals surface area contributed by atoms with Gasteiger partial charge < -0.3 is 0 Å². The summed E-state index contributed by atoms with van der Waals surface area (Å²) in [7, 11) is 0. The van der Waals surface area contributed by atoms with Gasteiger partial charge in [-0.2, -0.15) is 0 Å². The second-order valence-electron chi connectivity index (χ2n) is 11.3. The first kappa shape index (κ1) is 22.3. The minimum Gasteiger partial charge on any atom is -0.0622 e. The third-order valence-corrected chi connectivity index (χ3v) is 8.79. The minimum absolute atomic E-state index is 0.145. The Morgan fingerprint density at radius 2 is 0.974 bits per heavy atom. The van der Waals surface area contributed by atoms with Crippen molar-refractivity contribution in [2.75, 3.05) is 0 Å². The molecule has 0 amide bonds. The first-order valence-electron chi connectivity index (χ1n) is 13.8. The fourth-order valence-electron chi connectivity index (χ4n) is 7.08. The normalized spacial score (nSPS) is 13.6. The first-order chi connectivity index (χ1) is 19.1. The van der Waals surface area contributed by atoms with E-state index in [4.69, 9.17) is 0 Å². The van der Waals surface area contributed by atoms with E-state index < -0.39 is 0 Å². The second kappa shape index (κ2) is 8.16. The van der Waals surface area contributed by atoms with Crippen LogP contribution in [0.15, 0.2) is 133 Å². The number of benzene rings is 7. The van der Waals surface area contributed by atoms with Crippen LogP contribution in [0.1, 0.15) is 25.0 Å². The molecule has 0 fully saturated rings. The standard InChI is InChI=1S/C39H28/c1-39(2)34-24-28-18-10-9-17-27(28)23-33(34)31-21-22-32-35(25-13-5-3-6-14-25)29-19-11-12-20-30(29)36(37(32)38(31)39)26-15-7-4-8-16-26/h3-24H,1-2H3. The molecule has 39 heavy (non-hydrogen) atoms. The Morgan fingerprint density at radius 3 is 1.64 bits per heavy atom. The molecular weight excluding hydrogens is 468 g/mol. The molecule has 0 heteroatoms. The van der Waals surface area contributed by atoms with Crippen LogP contribution in [0.3, 0.4) is 0 Å².